The third-order valence-electron chi connectivity index (χ3n) is 3.37. The highest BCUT2D eigenvalue weighted by Crippen LogP contribution is 2.11. The van der Waals surface area contributed by atoms with Gasteiger partial charge in [0.15, 0.2) is 5.78 Å². The Hall–Kier alpha value is -1.72. The topological polar surface area (TPSA) is 61.4 Å². The van der Waals surface area contributed by atoms with Gasteiger partial charge in [0.1, 0.15) is 6.04 Å². The van der Waals surface area contributed by atoms with Crippen LogP contribution in [0.3, 0.4) is 0 Å². The van der Waals surface area contributed by atoms with E-state index in [1.807, 2.05) is 11.9 Å². The summed E-state index contributed by atoms with van der Waals surface area (Å²) in [6.07, 6.45) is 0. The maximum absolute atomic E-state index is 12.1. The number of rotatable bonds is 3. The molecule has 1 heterocycles. The van der Waals surface area contributed by atoms with Crippen molar-refractivity contribution in [3.05, 3.63) is 29.8 Å². The second-order valence-corrected chi connectivity index (χ2v) is 4.82. The molecule has 5 nitrogen and oxygen atoms in total. The summed E-state index contributed by atoms with van der Waals surface area (Å²) < 4.78 is 0. The average molecular weight is 261 g/mol. The standard InChI is InChI=1S/C14H19N3O2/c1-10(18)11-3-5-12(6-4-11)16-14(19)13-9-15-7-8-17(13)2/h3-6,13,15H,7-9H2,1-2H3,(H,16,19). The molecular weight excluding hydrogens is 242 g/mol. The molecule has 0 spiro atoms. The van der Waals surface area contributed by atoms with Crippen LogP contribution in [0.15, 0.2) is 24.3 Å². The summed E-state index contributed by atoms with van der Waals surface area (Å²) in [6, 6.07) is 6.80. The molecular formula is C14H19N3O2. The van der Waals surface area contributed by atoms with Crippen LogP contribution in [0, 0.1) is 0 Å². The predicted octanol–water partition coefficient (Wildman–Crippen LogP) is 0.731. The first-order chi connectivity index (χ1) is 9.08. The zero-order valence-corrected chi connectivity index (χ0v) is 11.3. The molecule has 0 bridgehead atoms. The molecule has 1 aliphatic rings. The van der Waals surface area contributed by atoms with E-state index in [1.54, 1.807) is 24.3 Å². The molecule has 1 atom stereocenters. The maximum atomic E-state index is 12.1. The minimum Gasteiger partial charge on any atom is -0.325 e. The zero-order chi connectivity index (χ0) is 13.8. The summed E-state index contributed by atoms with van der Waals surface area (Å²) in [6.45, 7) is 3.96. The summed E-state index contributed by atoms with van der Waals surface area (Å²) in [5.74, 6) is -0.000588. The number of benzene rings is 1. The van der Waals surface area contributed by atoms with E-state index in [0.29, 0.717) is 17.8 Å². The fourth-order valence-electron chi connectivity index (χ4n) is 2.11. The van der Waals surface area contributed by atoms with Gasteiger partial charge in [-0.1, -0.05) is 0 Å². The molecule has 102 valence electrons. The van der Waals surface area contributed by atoms with Crippen molar-refractivity contribution in [3.63, 3.8) is 0 Å². The number of Topliss-reactive ketones (excluding diaryl/α,β-unsaturated/α-hetero) is 1. The Bertz CT molecular complexity index is 470. The van der Waals surface area contributed by atoms with Gasteiger partial charge in [-0.05, 0) is 38.2 Å². The predicted molar refractivity (Wildman–Crippen MR) is 74.4 cm³/mol. The van der Waals surface area contributed by atoms with Gasteiger partial charge in [0, 0.05) is 30.9 Å². The zero-order valence-electron chi connectivity index (χ0n) is 11.3. The molecule has 1 fully saturated rings. The number of ketones is 1. The first-order valence-electron chi connectivity index (χ1n) is 6.41. The van der Waals surface area contributed by atoms with Crippen LogP contribution in [-0.2, 0) is 4.79 Å². The van der Waals surface area contributed by atoms with E-state index in [4.69, 9.17) is 0 Å². The van der Waals surface area contributed by atoms with Gasteiger partial charge in [-0.15, -0.1) is 0 Å². The van der Waals surface area contributed by atoms with Crippen LogP contribution >= 0.6 is 0 Å². The van der Waals surface area contributed by atoms with Crippen LogP contribution in [0.4, 0.5) is 5.69 Å². The summed E-state index contributed by atoms with van der Waals surface area (Å²) >= 11 is 0. The molecule has 1 aliphatic heterocycles. The summed E-state index contributed by atoms with van der Waals surface area (Å²) in [7, 11) is 1.95. The second kappa shape index (κ2) is 5.95. The van der Waals surface area contributed by atoms with E-state index in [-0.39, 0.29) is 17.7 Å². The number of amides is 1. The van der Waals surface area contributed by atoms with Crippen LogP contribution in [0.1, 0.15) is 17.3 Å². The lowest BCUT2D eigenvalue weighted by Gasteiger charge is -2.31. The Morgan fingerprint density at radius 2 is 2.00 bits per heavy atom. The van der Waals surface area contributed by atoms with Gasteiger partial charge >= 0.3 is 0 Å². The number of carbonyl (C=O) groups excluding carboxylic acids is 2. The molecule has 1 unspecified atom stereocenters. The molecule has 1 amide bonds. The first-order valence-corrected chi connectivity index (χ1v) is 6.41. The number of likely N-dealkylation sites (N-methyl/N-ethyl adjacent to an activating group) is 1. The van der Waals surface area contributed by atoms with Gasteiger partial charge in [-0.25, -0.2) is 0 Å². The Morgan fingerprint density at radius 3 is 2.58 bits per heavy atom. The highest BCUT2D eigenvalue weighted by atomic mass is 16.2. The lowest BCUT2D eigenvalue weighted by atomic mass is 10.1. The number of hydrogen-bond acceptors (Lipinski definition) is 4. The number of nitrogens with one attached hydrogen (secondary N) is 2. The van der Waals surface area contributed by atoms with Crippen molar-refractivity contribution in [3.8, 4) is 0 Å². The molecule has 19 heavy (non-hydrogen) atoms. The molecule has 5 heteroatoms. The molecule has 1 aromatic rings. The Labute approximate surface area is 113 Å². The summed E-state index contributed by atoms with van der Waals surface area (Å²) in [5, 5.41) is 6.09. The van der Waals surface area contributed by atoms with E-state index in [1.165, 1.54) is 6.92 Å². The quantitative estimate of drug-likeness (QED) is 0.788. The van der Waals surface area contributed by atoms with Gasteiger partial charge in [0.25, 0.3) is 0 Å². The Kier molecular flexibility index (Phi) is 4.29. The molecule has 1 saturated heterocycles. The van der Waals surface area contributed by atoms with Gasteiger partial charge in [0.2, 0.25) is 5.91 Å². The van der Waals surface area contributed by atoms with Crippen molar-refractivity contribution in [2.24, 2.45) is 0 Å². The number of nitrogens with zero attached hydrogens (tertiary/aromatic N) is 1. The monoisotopic (exact) mass is 261 g/mol. The Morgan fingerprint density at radius 1 is 1.32 bits per heavy atom. The third-order valence-corrected chi connectivity index (χ3v) is 3.37. The average Bonchev–Trinajstić information content (AvgIpc) is 2.39. The van der Waals surface area contributed by atoms with Crippen LogP contribution in [-0.4, -0.2) is 49.3 Å². The van der Waals surface area contributed by atoms with E-state index in [2.05, 4.69) is 10.6 Å². The second-order valence-electron chi connectivity index (χ2n) is 4.82. The van der Waals surface area contributed by atoms with Crippen LogP contribution in [0.2, 0.25) is 0 Å². The van der Waals surface area contributed by atoms with E-state index < -0.39 is 0 Å². The highest BCUT2D eigenvalue weighted by molar-refractivity contribution is 5.97. The van der Waals surface area contributed by atoms with E-state index >= 15 is 0 Å². The minimum atomic E-state index is -0.152. The molecule has 2 rings (SSSR count). The molecule has 0 saturated carbocycles. The number of anilines is 1. The van der Waals surface area contributed by atoms with Gasteiger partial charge in [0.05, 0.1) is 0 Å². The Balaban J connectivity index is 2.00. The van der Waals surface area contributed by atoms with Crippen molar-refractivity contribution in [2.75, 3.05) is 32.0 Å². The normalized spacial score (nSPS) is 20.0. The smallest absolute Gasteiger partial charge is 0.243 e. The van der Waals surface area contributed by atoms with Crippen LogP contribution < -0.4 is 10.6 Å². The summed E-state index contributed by atoms with van der Waals surface area (Å²) in [5.41, 5.74) is 1.36. The van der Waals surface area contributed by atoms with Gasteiger partial charge in [-0.3, -0.25) is 14.5 Å². The fraction of sp³-hybridized carbons (Fsp3) is 0.429. The lowest BCUT2D eigenvalue weighted by Crippen LogP contribution is -2.54. The minimum absolute atomic E-state index is 0.0223. The van der Waals surface area contributed by atoms with Crippen LogP contribution in [0.25, 0.3) is 0 Å². The number of piperazine rings is 1. The number of hydrogen-bond donors (Lipinski definition) is 2. The molecule has 0 aromatic heterocycles. The van der Waals surface area contributed by atoms with Gasteiger partial charge in [-0.2, -0.15) is 0 Å². The first kappa shape index (κ1) is 13.7. The van der Waals surface area contributed by atoms with Gasteiger partial charge < -0.3 is 10.6 Å². The van der Waals surface area contributed by atoms with E-state index in [9.17, 15) is 9.59 Å². The largest absolute Gasteiger partial charge is 0.325 e. The molecule has 1 aromatic carbocycles. The fourth-order valence-corrected chi connectivity index (χ4v) is 2.11. The SMILES string of the molecule is CC(=O)c1ccc(NC(=O)C2CNCCN2C)cc1. The van der Waals surface area contributed by atoms with Crippen molar-refractivity contribution < 1.29 is 9.59 Å². The van der Waals surface area contributed by atoms with E-state index in [0.717, 1.165) is 13.1 Å². The van der Waals surface area contributed by atoms with Crippen molar-refractivity contribution >= 4 is 17.4 Å². The summed E-state index contributed by atoms with van der Waals surface area (Å²) in [4.78, 5) is 25.3. The molecule has 0 aliphatic carbocycles. The van der Waals surface area contributed by atoms with Crippen molar-refractivity contribution in [1.29, 1.82) is 0 Å². The van der Waals surface area contributed by atoms with Crippen molar-refractivity contribution in [1.82, 2.24) is 10.2 Å². The van der Waals surface area contributed by atoms with Crippen molar-refractivity contribution in [2.45, 2.75) is 13.0 Å². The van der Waals surface area contributed by atoms with Crippen LogP contribution in [0.5, 0.6) is 0 Å². The number of carbonyl (C=O) groups is 2. The third kappa shape index (κ3) is 3.39. The lowest BCUT2D eigenvalue weighted by molar-refractivity contribution is -0.121. The maximum Gasteiger partial charge on any atom is 0.243 e. The molecule has 0 radical (unpaired) electrons. The molecule has 2 N–H and O–H groups in total. The highest BCUT2D eigenvalue weighted by Gasteiger charge is 2.25.